The van der Waals surface area contributed by atoms with Gasteiger partial charge in [-0.25, -0.2) is 0 Å². The predicted octanol–water partition coefficient (Wildman–Crippen LogP) is 1.65. The Labute approximate surface area is 106 Å². The maximum atomic E-state index is 12.0. The summed E-state index contributed by atoms with van der Waals surface area (Å²) in [5.41, 5.74) is 1.81. The fraction of sp³-hybridized carbons (Fsp3) is 0.462. The van der Waals surface area contributed by atoms with Gasteiger partial charge in [-0.3, -0.25) is 4.79 Å². The fourth-order valence-electron chi connectivity index (χ4n) is 1.34. The van der Waals surface area contributed by atoms with E-state index in [1.54, 1.807) is 0 Å². The number of rotatable bonds is 6. The molecule has 0 aliphatic heterocycles. The molecular formula is C13H18O3S. The molecule has 4 heteroatoms. The van der Waals surface area contributed by atoms with Crippen molar-refractivity contribution in [2.24, 2.45) is 0 Å². The van der Waals surface area contributed by atoms with Crippen molar-refractivity contribution in [1.29, 1.82) is 0 Å². The van der Waals surface area contributed by atoms with Crippen LogP contribution in [0.25, 0.3) is 0 Å². The Kier molecular flexibility index (Phi) is 5.68. The van der Waals surface area contributed by atoms with Crippen LogP contribution in [0.2, 0.25) is 0 Å². The van der Waals surface area contributed by atoms with E-state index in [1.807, 2.05) is 38.1 Å². The first kappa shape index (κ1) is 14.2. The number of ketones is 1. The molecule has 0 aliphatic rings. The number of hydrogen-bond acceptors (Lipinski definition) is 4. The van der Waals surface area contributed by atoms with E-state index in [9.17, 15) is 9.90 Å². The van der Waals surface area contributed by atoms with Crippen LogP contribution in [0, 0.1) is 6.92 Å². The van der Waals surface area contributed by atoms with E-state index >= 15 is 0 Å². The largest absolute Gasteiger partial charge is 0.394 e. The SMILES string of the molecule is Cc1ccc(C(=O)C(C)SCC(O)CO)cc1. The molecule has 0 aromatic heterocycles. The fourth-order valence-corrected chi connectivity index (χ4v) is 2.24. The first-order valence-corrected chi connectivity index (χ1v) is 6.61. The summed E-state index contributed by atoms with van der Waals surface area (Å²) in [6.07, 6.45) is -0.756. The second kappa shape index (κ2) is 6.79. The van der Waals surface area contributed by atoms with Crippen molar-refractivity contribution in [2.75, 3.05) is 12.4 Å². The first-order chi connectivity index (χ1) is 8.04. The lowest BCUT2D eigenvalue weighted by Gasteiger charge is -2.12. The van der Waals surface area contributed by atoms with Gasteiger partial charge in [-0.1, -0.05) is 29.8 Å². The zero-order chi connectivity index (χ0) is 12.8. The van der Waals surface area contributed by atoms with Crippen LogP contribution in [-0.2, 0) is 0 Å². The second-order valence-corrected chi connectivity index (χ2v) is 5.42. The molecule has 2 unspecified atom stereocenters. The first-order valence-electron chi connectivity index (χ1n) is 5.56. The lowest BCUT2D eigenvalue weighted by atomic mass is 10.1. The summed E-state index contributed by atoms with van der Waals surface area (Å²) in [6, 6.07) is 7.45. The monoisotopic (exact) mass is 254 g/mol. The third kappa shape index (κ3) is 4.50. The van der Waals surface area contributed by atoms with Gasteiger partial charge >= 0.3 is 0 Å². The lowest BCUT2D eigenvalue weighted by Crippen LogP contribution is -2.20. The van der Waals surface area contributed by atoms with Crippen LogP contribution in [0.15, 0.2) is 24.3 Å². The Morgan fingerprint density at radius 1 is 1.35 bits per heavy atom. The molecule has 0 aliphatic carbocycles. The van der Waals surface area contributed by atoms with E-state index in [2.05, 4.69) is 0 Å². The van der Waals surface area contributed by atoms with Crippen molar-refractivity contribution in [3.8, 4) is 0 Å². The smallest absolute Gasteiger partial charge is 0.175 e. The Hall–Kier alpha value is -0.840. The molecule has 0 radical (unpaired) electrons. The van der Waals surface area contributed by atoms with Gasteiger partial charge in [0.2, 0.25) is 0 Å². The van der Waals surface area contributed by atoms with Gasteiger partial charge in [0.05, 0.1) is 18.0 Å². The van der Waals surface area contributed by atoms with Crippen molar-refractivity contribution in [3.63, 3.8) is 0 Å². The highest BCUT2D eigenvalue weighted by atomic mass is 32.2. The molecule has 0 fully saturated rings. The van der Waals surface area contributed by atoms with Crippen LogP contribution < -0.4 is 0 Å². The van der Waals surface area contributed by atoms with Crippen molar-refractivity contribution in [3.05, 3.63) is 35.4 Å². The van der Waals surface area contributed by atoms with Crippen molar-refractivity contribution >= 4 is 17.5 Å². The molecule has 0 saturated heterocycles. The molecule has 17 heavy (non-hydrogen) atoms. The molecule has 2 atom stereocenters. The van der Waals surface area contributed by atoms with Gasteiger partial charge < -0.3 is 10.2 Å². The second-order valence-electron chi connectivity index (χ2n) is 4.04. The zero-order valence-electron chi connectivity index (χ0n) is 10.1. The zero-order valence-corrected chi connectivity index (χ0v) is 10.9. The molecule has 0 saturated carbocycles. The molecule has 0 amide bonds. The molecule has 94 valence electrons. The average Bonchev–Trinajstić information content (AvgIpc) is 2.35. The van der Waals surface area contributed by atoms with Crippen LogP contribution in [0.1, 0.15) is 22.8 Å². The molecule has 0 bridgehead atoms. The van der Waals surface area contributed by atoms with E-state index in [0.29, 0.717) is 11.3 Å². The standard InChI is InChI=1S/C13H18O3S/c1-9-3-5-11(6-4-9)13(16)10(2)17-8-12(15)7-14/h3-6,10,12,14-15H,7-8H2,1-2H3. The van der Waals surface area contributed by atoms with Gasteiger partial charge in [0.15, 0.2) is 5.78 Å². The van der Waals surface area contributed by atoms with E-state index in [1.165, 1.54) is 11.8 Å². The van der Waals surface area contributed by atoms with Gasteiger partial charge in [-0.2, -0.15) is 0 Å². The van der Waals surface area contributed by atoms with Crippen LogP contribution in [0.5, 0.6) is 0 Å². The highest BCUT2D eigenvalue weighted by molar-refractivity contribution is 8.00. The molecule has 0 spiro atoms. The minimum absolute atomic E-state index is 0.0557. The van der Waals surface area contributed by atoms with Crippen LogP contribution >= 0.6 is 11.8 Å². The number of hydrogen-bond donors (Lipinski definition) is 2. The average molecular weight is 254 g/mol. The maximum Gasteiger partial charge on any atom is 0.175 e. The van der Waals surface area contributed by atoms with Crippen LogP contribution in [0.3, 0.4) is 0 Å². The number of aryl methyl sites for hydroxylation is 1. The van der Waals surface area contributed by atoms with Crippen LogP contribution in [0.4, 0.5) is 0 Å². The van der Waals surface area contributed by atoms with Gasteiger partial charge in [-0.15, -0.1) is 11.8 Å². The van der Waals surface area contributed by atoms with Gasteiger partial charge in [0, 0.05) is 11.3 Å². The Morgan fingerprint density at radius 3 is 2.47 bits per heavy atom. The number of carbonyl (C=O) groups excluding carboxylic acids is 1. The van der Waals surface area contributed by atoms with E-state index < -0.39 is 6.10 Å². The Morgan fingerprint density at radius 2 is 1.94 bits per heavy atom. The van der Waals surface area contributed by atoms with E-state index in [-0.39, 0.29) is 17.6 Å². The maximum absolute atomic E-state index is 12.0. The summed E-state index contributed by atoms with van der Waals surface area (Å²) in [6.45, 7) is 3.53. The highest BCUT2D eigenvalue weighted by Crippen LogP contribution is 2.17. The quantitative estimate of drug-likeness (QED) is 0.758. The summed E-state index contributed by atoms with van der Waals surface area (Å²) in [4.78, 5) is 12.0. The minimum atomic E-state index is -0.756. The topological polar surface area (TPSA) is 57.5 Å². The number of benzene rings is 1. The normalized spacial score (nSPS) is 14.4. The molecule has 1 aromatic rings. The number of Topliss-reactive ketones (excluding diaryl/α,β-unsaturated/α-hetero) is 1. The third-order valence-electron chi connectivity index (χ3n) is 2.45. The summed E-state index contributed by atoms with van der Waals surface area (Å²) < 4.78 is 0. The Balaban J connectivity index is 2.54. The van der Waals surface area contributed by atoms with E-state index in [0.717, 1.165) is 5.56 Å². The number of carbonyl (C=O) groups is 1. The summed E-state index contributed by atoms with van der Waals surface area (Å²) in [5.74, 6) is 0.426. The Bertz CT molecular complexity index is 361. The van der Waals surface area contributed by atoms with Crippen LogP contribution in [-0.4, -0.2) is 39.7 Å². The van der Waals surface area contributed by atoms with Gasteiger partial charge in [0.1, 0.15) is 0 Å². The van der Waals surface area contributed by atoms with Gasteiger partial charge in [-0.05, 0) is 13.8 Å². The number of aliphatic hydroxyl groups excluding tert-OH is 2. The predicted molar refractivity (Wildman–Crippen MR) is 70.5 cm³/mol. The summed E-state index contributed by atoms with van der Waals surface area (Å²) >= 11 is 1.36. The minimum Gasteiger partial charge on any atom is -0.394 e. The van der Waals surface area contributed by atoms with E-state index in [4.69, 9.17) is 5.11 Å². The molecule has 3 nitrogen and oxygen atoms in total. The molecular weight excluding hydrogens is 236 g/mol. The highest BCUT2D eigenvalue weighted by Gasteiger charge is 2.16. The number of aliphatic hydroxyl groups is 2. The molecule has 1 rings (SSSR count). The molecule has 2 N–H and O–H groups in total. The lowest BCUT2D eigenvalue weighted by molar-refractivity contribution is 0.0992. The molecule has 0 heterocycles. The summed E-state index contributed by atoms with van der Waals surface area (Å²) in [7, 11) is 0. The van der Waals surface area contributed by atoms with Crippen molar-refractivity contribution < 1.29 is 15.0 Å². The van der Waals surface area contributed by atoms with Crippen molar-refractivity contribution in [2.45, 2.75) is 25.2 Å². The number of thioether (sulfide) groups is 1. The summed E-state index contributed by atoms with van der Waals surface area (Å²) in [5, 5.41) is 17.7. The van der Waals surface area contributed by atoms with Gasteiger partial charge in [0.25, 0.3) is 0 Å². The third-order valence-corrected chi connectivity index (χ3v) is 3.75. The van der Waals surface area contributed by atoms with Crippen molar-refractivity contribution in [1.82, 2.24) is 0 Å². The molecule has 1 aromatic carbocycles.